The number of methoxy groups -OCH3 is 2. The lowest BCUT2D eigenvalue weighted by Gasteiger charge is -2.17. The molecule has 2 rings (SSSR count). The fourth-order valence-corrected chi connectivity index (χ4v) is 2.87. The second kappa shape index (κ2) is 11.5. The quantitative estimate of drug-likeness (QED) is 0.185. The van der Waals surface area contributed by atoms with Crippen molar-refractivity contribution in [1.82, 2.24) is 0 Å². The van der Waals surface area contributed by atoms with Gasteiger partial charge in [0.15, 0.2) is 11.5 Å². The van der Waals surface area contributed by atoms with E-state index in [-0.39, 0.29) is 18.0 Å². The molecule has 0 aromatic heterocycles. The summed E-state index contributed by atoms with van der Waals surface area (Å²) in [6.07, 6.45) is 3.49. The molecular weight excluding hydrogens is 403 g/mol. The molecule has 0 aliphatic carbocycles. The molecule has 0 aliphatic rings. The van der Waals surface area contributed by atoms with Crippen molar-refractivity contribution in [3.8, 4) is 11.5 Å². The molecule has 2 aromatic carbocycles. The highest BCUT2D eigenvalue weighted by Crippen LogP contribution is 2.35. The Hall–Kier alpha value is -3.61. The summed E-state index contributed by atoms with van der Waals surface area (Å²) in [5.41, 5.74) is 1.64. The second-order valence-electron chi connectivity index (χ2n) is 6.39. The summed E-state index contributed by atoms with van der Waals surface area (Å²) in [5, 5.41) is 0. The van der Waals surface area contributed by atoms with Crippen LogP contribution >= 0.6 is 0 Å². The summed E-state index contributed by atoms with van der Waals surface area (Å²) in [4.78, 5) is 24.0. The van der Waals surface area contributed by atoms with Crippen molar-refractivity contribution in [2.24, 2.45) is 0 Å². The molecule has 0 N–H and O–H groups in total. The van der Waals surface area contributed by atoms with Crippen LogP contribution in [0.5, 0.6) is 11.5 Å². The van der Waals surface area contributed by atoms with Crippen LogP contribution in [-0.4, -0.2) is 32.8 Å². The molecular formula is C24H25FO6. The van der Waals surface area contributed by atoms with Crippen molar-refractivity contribution < 1.29 is 32.9 Å². The van der Waals surface area contributed by atoms with Crippen LogP contribution in [0.1, 0.15) is 23.6 Å². The van der Waals surface area contributed by atoms with Crippen LogP contribution in [0.2, 0.25) is 0 Å². The lowest BCUT2D eigenvalue weighted by Crippen LogP contribution is -2.15. The molecule has 0 heterocycles. The normalized spacial score (nSPS) is 10.1. The predicted molar refractivity (Wildman–Crippen MR) is 114 cm³/mol. The van der Waals surface area contributed by atoms with Gasteiger partial charge in [0, 0.05) is 5.56 Å². The number of carbonyl (C=O) groups is 2. The standard InChI is InChI=1S/C24H25FO6/c1-5-8-18-11-17(13-20(23(26)28-3)24(27)29-4)14-21(30-6-2)22(18)31-15-16-9-7-10-19(25)12-16/h5,7,9-14H,1,6,8,15H2,2-4H3. The van der Waals surface area contributed by atoms with Crippen molar-refractivity contribution in [2.75, 3.05) is 20.8 Å². The average Bonchev–Trinajstić information content (AvgIpc) is 2.76. The summed E-state index contributed by atoms with van der Waals surface area (Å²) < 4.78 is 34.5. The first kappa shape index (κ1) is 23.7. The maximum Gasteiger partial charge on any atom is 0.345 e. The van der Waals surface area contributed by atoms with Gasteiger partial charge in [-0.25, -0.2) is 14.0 Å². The van der Waals surface area contributed by atoms with E-state index in [1.165, 1.54) is 32.4 Å². The zero-order valence-electron chi connectivity index (χ0n) is 17.8. The zero-order chi connectivity index (χ0) is 22.8. The lowest BCUT2D eigenvalue weighted by atomic mass is 10.0. The number of allylic oxidation sites excluding steroid dienone is 1. The molecule has 0 atom stereocenters. The first-order valence-electron chi connectivity index (χ1n) is 9.59. The van der Waals surface area contributed by atoms with Gasteiger partial charge in [-0.3, -0.25) is 0 Å². The fraction of sp³-hybridized carbons (Fsp3) is 0.250. The third-order valence-electron chi connectivity index (χ3n) is 4.21. The van der Waals surface area contributed by atoms with Gasteiger partial charge >= 0.3 is 11.9 Å². The summed E-state index contributed by atoms with van der Waals surface area (Å²) in [7, 11) is 2.36. The first-order chi connectivity index (χ1) is 14.9. The van der Waals surface area contributed by atoms with Gasteiger partial charge in [-0.2, -0.15) is 0 Å². The molecule has 6 nitrogen and oxygen atoms in total. The van der Waals surface area contributed by atoms with Crippen molar-refractivity contribution in [2.45, 2.75) is 20.0 Å². The number of hydrogen-bond acceptors (Lipinski definition) is 6. The first-order valence-corrected chi connectivity index (χ1v) is 9.59. The maximum absolute atomic E-state index is 13.5. The number of rotatable bonds is 10. The van der Waals surface area contributed by atoms with E-state index >= 15 is 0 Å². The van der Waals surface area contributed by atoms with Crippen LogP contribution in [0, 0.1) is 5.82 Å². The van der Waals surface area contributed by atoms with Crippen LogP contribution < -0.4 is 9.47 Å². The van der Waals surface area contributed by atoms with Crippen molar-refractivity contribution >= 4 is 18.0 Å². The molecule has 0 fully saturated rings. The molecule has 0 bridgehead atoms. The molecule has 0 saturated heterocycles. The number of benzene rings is 2. The Bertz CT molecular complexity index is 962. The van der Waals surface area contributed by atoms with Gasteiger partial charge in [0.05, 0.1) is 20.8 Å². The summed E-state index contributed by atoms with van der Waals surface area (Å²) in [5.74, 6) is -1.10. The van der Waals surface area contributed by atoms with Crippen LogP contribution in [-0.2, 0) is 32.1 Å². The number of esters is 2. The highest BCUT2D eigenvalue weighted by molar-refractivity contribution is 6.17. The van der Waals surface area contributed by atoms with E-state index in [2.05, 4.69) is 16.1 Å². The molecule has 31 heavy (non-hydrogen) atoms. The Morgan fingerprint density at radius 2 is 1.77 bits per heavy atom. The molecule has 164 valence electrons. The molecule has 0 unspecified atom stereocenters. The van der Waals surface area contributed by atoms with E-state index in [0.29, 0.717) is 35.7 Å². The van der Waals surface area contributed by atoms with Crippen molar-refractivity contribution in [1.29, 1.82) is 0 Å². The van der Waals surface area contributed by atoms with E-state index in [1.54, 1.807) is 30.3 Å². The molecule has 0 radical (unpaired) electrons. The van der Waals surface area contributed by atoms with E-state index < -0.39 is 11.9 Å². The van der Waals surface area contributed by atoms with Crippen molar-refractivity contribution in [3.05, 3.63) is 77.1 Å². The third-order valence-corrected chi connectivity index (χ3v) is 4.21. The summed E-state index contributed by atoms with van der Waals surface area (Å²) in [6.45, 7) is 6.08. The van der Waals surface area contributed by atoms with Gasteiger partial charge in [0.1, 0.15) is 18.0 Å². The fourth-order valence-electron chi connectivity index (χ4n) is 2.87. The van der Waals surface area contributed by atoms with Crippen LogP contribution in [0.15, 0.2) is 54.6 Å². The average molecular weight is 428 g/mol. The Morgan fingerprint density at radius 3 is 2.35 bits per heavy atom. The Kier molecular flexibility index (Phi) is 8.81. The molecule has 7 heteroatoms. The lowest BCUT2D eigenvalue weighted by molar-refractivity contribution is -0.143. The smallest absolute Gasteiger partial charge is 0.345 e. The van der Waals surface area contributed by atoms with E-state index in [4.69, 9.17) is 9.47 Å². The third kappa shape index (κ3) is 6.44. The minimum absolute atomic E-state index is 0.132. The van der Waals surface area contributed by atoms with E-state index in [9.17, 15) is 14.0 Å². The monoisotopic (exact) mass is 428 g/mol. The molecule has 0 saturated carbocycles. The van der Waals surface area contributed by atoms with Gasteiger partial charge in [-0.1, -0.05) is 18.2 Å². The maximum atomic E-state index is 13.5. The van der Waals surface area contributed by atoms with Gasteiger partial charge in [0.2, 0.25) is 0 Å². The number of ether oxygens (including phenoxy) is 4. The highest BCUT2D eigenvalue weighted by atomic mass is 19.1. The van der Waals surface area contributed by atoms with Gasteiger partial charge in [-0.05, 0) is 54.8 Å². The summed E-state index contributed by atoms with van der Waals surface area (Å²) in [6, 6.07) is 9.51. The van der Waals surface area contributed by atoms with Crippen LogP contribution in [0.4, 0.5) is 4.39 Å². The minimum atomic E-state index is -0.818. The predicted octanol–water partition coefficient (Wildman–Crippen LogP) is 4.26. The Labute approximate surface area is 180 Å². The molecule has 2 aromatic rings. The van der Waals surface area contributed by atoms with E-state index in [0.717, 1.165) is 5.56 Å². The second-order valence-corrected chi connectivity index (χ2v) is 6.39. The highest BCUT2D eigenvalue weighted by Gasteiger charge is 2.21. The molecule has 0 amide bonds. The molecule has 0 spiro atoms. The van der Waals surface area contributed by atoms with Crippen molar-refractivity contribution in [3.63, 3.8) is 0 Å². The van der Waals surface area contributed by atoms with Gasteiger partial charge < -0.3 is 18.9 Å². The van der Waals surface area contributed by atoms with Gasteiger partial charge in [0.25, 0.3) is 0 Å². The Balaban J connectivity index is 2.50. The van der Waals surface area contributed by atoms with E-state index in [1.807, 2.05) is 6.92 Å². The molecule has 0 aliphatic heterocycles. The Morgan fingerprint density at radius 1 is 1.06 bits per heavy atom. The topological polar surface area (TPSA) is 71.1 Å². The number of hydrogen-bond donors (Lipinski definition) is 0. The van der Waals surface area contributed by atoms with Crippen LogP contribution in [0.3, 0.4) is 0 Å². The number of carbonyl (C=O) groups excluding carboxylic acids is 2. The minimum Gasteiger partial charge on any atom is -0.490 e. The number of halogens is 1. The van der Waals surface area contributed by atoms with Gasteiger partial charge in [-0.15, -0.1) is 6.58 Å². The largest absolute Gasteiger partial charge is 0.490 e. The summed E-state index contributed by atoms with van der Waals surface area (Å²) >= 11 is 0. The zero-order valence-corrected chi connectivity index (χ0v) is 17.8. The van der Waals surface area contributed by atoms with Crippen LogP contribution in [0.25, 0.3) is 6.08 Å². The SMILES string of the molecule is C=CCc1cc(C=C(C(=O)OC)C(=O)OC)cc(OCC)c1OCc1cccc(F)c1.